The number of imidazole rings is 1. The van der Waals surface area contributed by atoms with E-state index >= 15 is 0 Å². The zero-order valence-electron chi connectivity index (χ0n) is 18.1. The molecule has 162 valence electrons. The fourth-order valence-corrected chi connectivity index (χ4v) is 3.09. The molecule has 0 aliphatic carbocycles. The van der Waals surface area contributed by atoms with Crippen LogP contribution in [-0.4, -0.2) is 36.8 Å². The molecule has 3 rings (SSSR count). The van der Waals surface area contributed by atoms with Crippen molar-refractivity contribution in [3.05, 3.63) is 35.1 Å². The molecule has 1 unspecified atom stereocenters. The van der Waals surface area contributed by atoms with Crippen LogP contribution in [-0.2, 0) is 6.54 Å². The van der Waals surface area contributed by atoms with Gasteiger partial charge in [-0.25, -0.2) is 4.98 Å². The quantitative estimate of drug-likeness (QED) is 0.397. The second-order valence-corrected chi connectivity index (χ2v) is 8.88. The monoisotopic (exact) mass is 431 g/mol. The molecule has 5 N–H and O–H groups in total. The van der Waals surface area contributed by atoms with E-state index in [-0.39, 0.29) is 12.0 Å². The van der Waals surface area contributed by atoms with Crippen LogP contribution in [0.3, 0.4) is 0 Å². The predicted molar refractivity (Wildman–Crippen MR) is 123 cm³/mol. The Morgan fingerprint density at radius 2 is 1.93 bits per heavy atom. The topological polar surface area (TPSA) is 114 Å². The lowest BCUT2D eigenvalue weighted by molar-refractivity contribution is 0.0303. The highest BCUT2D eigenvalue weighted by Gasteiger charge is 2.23. The van der Waals surface area contributed by atoms with Crippen LogP contribution in [0, 0.1) is 5.92 Å². The number of benzene rings is 1. The molecule has 2 aromatic heterocycles. The van der Waals surface area contributed by atoms with Gasteiger partial charge in [0.2, 0.25) is 5.95 Å². The largest absolute Gasteiger partial charge is 0.398 e. The third-order valence-corrected chi connectivity index (χ3v) is 5.54. The molecular weight excluding hydrogens is 402 g/mol. The third kappa shape index (κ3) is 4.94. The Hall–Kier alpha value is -2.58. The van der Waals surface area contributed by atoms with E-state index in [1.54, 1.807) is 32.3 Å². The van der Waals surface area contributed by atoms with E-state index in [1.165, 1.54) is 0 Å². The molecule has 0 aliphatic rings. The zero-order chi connectivity index (χ0) is 22.1. The first-order valence-electron chi connectivity index (χ1n) is 10.0. The first-order valence-corrected chi connectivity index (χ1v) is 10.4. The van der Waals surface area contributed by atoms with Crippen molar-refractivity contribution in [3.8, 4) is 0 Å². The molecule has 0 bridgehead atoms. The Bertz CT molecular complexity index is 1030. The minimum absolute atomic E-state index is 0.00877. The van der Waals surface area contributed by atoms with Gasteiger partial charge in [-0.15, -0.1) is 0 Å². The lowest BCUT2D eigenvalue weighted by Crippen LogP contribution is -2.33. The summed E-state index contributed by atoms with van der Waals surface area (Å²) in [7, 11) is 0. The van der Waals surface area contributed by atoms with E-state index in [1.807, 2.05) is 17.6 Å². The molecule has 3 aromatic rings. The maximum Gasteiger partial charge on any atom is 0.226 e. The van der Waals surface area contributed by atoms with Crippen LogP contribution < -0.4 is 16.4 Å². The number of fused-ring (bicyclic) bond motifs is 1. The average Bonchev–Trinajstić information content (AvgIpc) is 3.10. The van der Waals surface area contributed by atoms with E-state index in [0.29, 0.717) is 41.1 Å². The van der Waals surface area contributed by atoms with Gasteiger partial charge in [0.15, 0.2) is 17.0 Å². The third-order valence-electron chi connectivity index (χ3n) is 5.30. The summed E-state index contributed by atoms with van der Waals surface area (Å²) in [5.41, 5.74) is 8.22. The lowest BCUT2D eigenvalue weighted by Gasteiger charge is -2.26. The van der Waals surface area contributed by atoms with Crippen molar-refractivity contribution >= 4 is 40.2 Å². The van der Waals surface area contributed by atoms with Gasteiger partial charge in [0.1, 0.15) is 0 Å². The predicted octanol–water partition coefficient (Wildman–Crippen LogP) is 4.07. The fraction of sp³-hybridized carbons (Fsp3) is 0.476. The van der Waals surface area contributed by atoms with Gasteiger partial charge in [-0.1, -0.05) is 18.5 Å². The minimum Gasteiger partial charge on any atom is -0.398 e. The number of nitrogen functional groups attached to an aromatic ring is 1. The average molecular weight is 432 g/mol. The van der Waals surface area contributed by atoms with Crippen LogP contribution in [0.2, 0.25) is 5.02 Å². The summed E-state index contributed by atoms with van der Waals surface area (Å²) in [5.74, 6) is 1.09. The standard InChI is InChI=1S/C21H30ClN7O/c1-12(2)29-11-26-17-18(24-10-14-8-15(22)6-7-16(14)23)27-20(28-19(17)29)25-9-13(3)21(4,5)30/h6-8,11-13,30H,9-10,23H2,1-5H3,(H2,24,25,27,28). The van der Waals surface area contributed by atoms with Crippen molar-refractivity contribution in [1.82, 2.24) is 19.5 Å². The SMILES string of the molecule is CC(C)n1cnc2c(NCc3cc(Cl)ccc3N)nc(NCC(C)C(C)(C)O)nc21. The Labute approximate surface area is 181 Å². The molecule has 1 aromatic carbocycles. The van der Waals surface area contributed by atoms with Crippen LogP contribution in [0.15, 0.2) is 24.5 Å². The number of nitrogens with zero attached hydrogens (tertiary/aromatic N) is 4. The smallest absolute Gasteiger partial charge is 0.226 e. The maximum absolute atomic E-state index is 10.2. The number of hydrogen-bond donors (Lipinski definition) is 4. The number of nitrogens with one attached hydrogen (secondary N) is 2. The number of halogens is 1. The molecule has 0 amide bonds. The summed E-state index contributed by atoms with van der Waals surface area (Å²) in [6, 6.07) is 5.58. The molecule has 9 heteroatoms. The van der Waals surface area contributed by atoms with Gasteiger partial charge in [-0.3, -0.25) is 0 Å². The lowest BCUT2D eigenvalue weighted by atomic mass is 9.93. The van der Waals surface area contributed by atoms with Crippen molar-refractivity contribution in [2.45, 2.75) is 52.8 Å². The van der Waals surface area contributed by atoms with E-state index in [0.717, 1.165) is 11.2 Å². The highest BCUT2D eigenvalue weighted by atomic mass is 35.5. The molecule has 0 spiro atoms. The van der Waals surface area contributed by atoms with Crippen molar-refractivity contribution in [2.24, 2.45) is 5.92 Å². The summed E-state index contributed by atoms with van der Waals surface area (Å²) < 4.78 is 2.00. The normalized spacial score (nSPS) is 13.1. The van der Waals surface area contributed by atoms with Gasteiger partial charge < -0.3 is 26.0 Å². The minimum atomic E-state index is -0.804. The number of nitrogens with two attached hydrogens (primary N) is 1. The van der Waals surface area contributed by atoms with Crippen molar-refractivity contribution in [1.29, 1.82) is 0 Å². The Morgan fingerprint density at radius 3 is 2.60 bits per heavy atom. The molecular formula is C21H30ClN7O. The van der Waals surface area contributed by atoms with Gasteiger partial charge >= 0.3 is 0 Å². The Kier molecular flexibility index (Phi) is 6.38. The summed E-state index contributed by atoms with van der Waals surface area (Å²) >= 11 is 6.11. The zero-order valence-corrected chi connectivity index (χ0v) is 18.8. The molecule has 1 atom stereocenters. The first-order chi connectivity index (χ1) is 14.1. The van der Waals surface area contributed by atoms with Crippen LogP contribution in [0.25, 0.3) is 11.2 Å². The molecule has 0 saturated carbocycles. The highest BCUT2D eigenvalue weighted by Crippen LogP contribution is 2.26. The fourth-order valence-electron chi connectivity index (χ4n) is 2.90. The van der Waals surface area contributed by atoms with E-state index in [2.05, 4.69) is 39.4 Å². The number of aliphatic hydroxyl groups is 1. The Morgan fingerprint density at radius 1 is 1.20 bits per heavy atom. The van der Waals surface area contributed by atoms with Crippen LogP contribution in [0.5, 0.6) is 0 Å². The van der Waals surface area contributed by atoms with Crippen molar-refractivity contribution in [2.75, 3.05) is 22.9 Å². The molecule has 0 fully saturated rings. The molecule has 0 saturated heterocycles. The summed E-state index contributed by atoms with van der Waals surface area (Å²) in [6.45, 7) is 10.7. The van der Waals surface area contributed by atoms with Crippen molar-refractivity contribution in [3.63, 3.8) is 0 Å². The summed E-state index contributed by atoms with van der Waals surface area (Å²) in [6.07, 6.45) is 1.77. The number of anilines is 3. The van der Waals surface area contributed by atoms with Gasteiger partial charge in [-0.2, -0.15) is 9.97 Å². The summed E-state index contributed by atoms with van der Waals surface area (Å²) in [5, 5.41) is 17.4. The molecule has 8 nitrogen and oxygen atoms in total. The van der Waals surface area contributed by atoms with Gasteiger partial charge in [0.25, 0.3) is 0 Å². The second kappa shape index (κ2) is 8.65. The molecule has 30 heavy (non-hydrogen) atoms. The van der Waals surface area contributed by atoms with Crippen LogP contribution in [0.4, 0.5) is 17.5 Å². The van der Waals surface area contributed by atoms with Gasteiger partial charge in [0, 0.05) is 35.8 Å². The van der Waals surface area contributed by atoms with Crippen LogP contribution in [0.1, 0.15) is 46.2 Å². The van der Waals surface area contributed by atoms with E-state index in [9.17, 15) is 5.11 Å². The number of rotatable bonds is 8. The molecule has 0 aliphatic heterocycles. The first kappa shape index (κ1) is 22.1. The van der Waals surface area contributed by atoms with E-state index in [4.69, 9.17) is 17.3 Å². The molecule has 2 heterocycles. The second-order valence-electron chi connectivity index (χ2n) is 8.45. The van der Waals surface area contributed by atoms with E-state index < -0.39 is 5.60 Å². The number of hydrogen-bond acceptors (Lipinski definition) is 7. The van der Waals surface area contributed by atoms with Crippen molar-refractivity contribution < 1.29 is 5.11 Å². The summed E-state index contributed by atoms with van der Waals surface area (Å²) in [4.78, 5) is 13.8. The Balaban J connectivity index is 1.92. The molecule has 0 radical (unpaired) electrons. The van der Waals surface area contributed by atoms with Gasteiger partial charge in [-0.05, 0) is 51.5 Å². The van der Waals surface area contributed by atoms with Gasteiger partial charge in [0.05, 0.1) is 11.9 Å². The highest BCUT2D eigenvalue weighted by molar-refractivity contribution is 6.30. The number of aromatic nitrogens is 4. The maximum atomic E-state index is 10.2. The van der Waals surface area contributed by atoms with Crippen LogP contribution >= 0.6 is 11.6 Å².